The summed E-state index contributed by atoms with van der Waals surface area (Å²) in [6, 6.07) is 5.49. The number of aryl methyl sites for hydroxylation is 1. The third-order valence-corrected chi connectivity index (χ3v) is 2.73. The number of hydrogen-bond acceptors (Lipinski definition) is 2. The van der Waals surface area contributed by atoms with Crippen molar-refractivity contribution in [2.45, 2.75) is 19.4 Å². The third-order valence-electron chi connectivity index (χ3n) is 2.73. The fraction of sp³-hybridized carbons (Fsp3) is 0.455. The molecule has 0 spiro atoms. The topological polar surface area (TPSA) is 29.3 Å². The molecule has 0 aliphatic carbocycles. The van der Waals surface area contributed by atoms with Gasteiger partial charge in [-0.1, -0.05) is 0 Å². The lowest BCUT2D eigenvalue weighted by atomic mass is 10.2. The van der Waals surface area contributed by atoms with E-state index in [1.807, 2.05) is 12.1 Å². The van der Waals surface area contributed by atoms with Gasteiger partial charge >= 0.3 is 0 Å². The van der Waals surface area contributed by atoms with Crippen LogP contribution in [0.15, 0.2) is 18.2 Å². The standard InChI is InChI=1S/C11H15FN2/c1-8-6-10(2-3-11(8)12)14-5-4-9(13)7-14/h2-3,6,9H,4-5,7,13H2,1H3. The molecule has 0 amide bonds. The van der Waals surface area contributed by atoms with Crippen LogP contribution in [-0.2, 0) is 0 Å². The van der Waals surface area contributed by atoms with Crippen LogP contribution in [0, 0.1) is 12.7 Å². The Hall–Kier alpha value is -1.09. The summed E-state index contributed by atoms with van der Waals surface area (Å²) in [6.07, 6.45) is 1.02. The summed E-state index contributed by atoms with van der Waals surface area (Å²) in [4.78, 5) is 2.21. The van der Waals surface area contributed by atoms with Crippen LogP contribution in [0.3, 0.4) is 0 Å². The lowest BCUT2D eigenvalue weighted by Crippen LogP contribution is -2.26. The molecule has 1 aliphatic heterocycles. The number of halogens is 1. The summed E-state index contributed by atoms with van der Waals surface area (Å²) in [5, 5.41) is 0. The lowest BCUT2D eigenvalue weighted by Gasteiger charge is -2.18. The maximum Gasteiger partial charge on any atom is 0.126 e. The molecule has 0 aromatic heterocycles. The van der Waals surface area contributed by atoms with E-state index in [0.717, 1.165) is 25.2 Å². The van der Waals surface area contributed by atoms with Crippen LogP contribution in [-0.4, -0.2) is 19.1 Å². The zero-order valence-electron chi connectivity index (χ0n) is 8.33. The Morgan fingerprint density at radius 3 is 2.86 bits per heavy atom. The van der Waals surface area contributed by atoms with Crippen molar-refractivity contribution in [1.82, 2.24) is 0 Å². The average Bonchev–Trinajstić information content (AvgIpc) is 2.57. The number of nitrogens with zero attached hydrogens (tertiary/aromatic N) is 1. The van der Waals surface area contributed by atoms with Crippen molar-refractivity contribution in [3.63, 3.8) is 0 Å². The molecule has 1 fully saturated rings. The van der Waals surface area contributed by atoms with E-state index in [0.29, 0.717) is 5.56 Å². The number of benzene rings is 1. The molecule has 2 nitrogen and oxygen atoms in total. The maximum atomic E-state index is 13.0. The fourth-order valence-corrected chi connectivity index (χ4v) is 1.85. The first-order valence-corrected chi connectivity index (χ1v) is 4.93. The van der Waals surface area contributed by atoms with Gasteiger partial charge in [0.1, 0.15) is 5.82 Å². The van der Waals surface area contributed by atoms with Crippen LogP contribution in [0.2, 0.25) is 0 Å². The van der Waals surface area contributed by atoms with Gasteiger partial charge in [0.2, 0.25) is 0 Å². The summed E-state index contributed by atoms with van der Waals surface area (Å²) in [7, 11) is 0. The molecule has 1 heterocycles. The second kappa shape index (κ2) is 3.58. The highest BCUT2D eigenvalue weighted by molar-refractivity contribution is 5.49. The monoisotopic (exact) mass is 194 g/mol. The van der Waals surface area contributed by atoms with Crippen molar-refractivity contribution in [2.24, 2.45) is 5.73 Å². The van der Waals surface area contributed by atoms with Gasteiger partial charge in [-0.2, -0.15) is 0 Å². The molecule has 14 heavy (non-hydrogen) atoms. The largest absolute Gasteiger partial charge is 0.370 e. The van der Waals surface area contributed by atoms with Crippen molar-refractivity contribution >= 4 is 5.69 Å². The predicted molar refractivity (Wildman–Crippen MR) is 55.9 cm³/mol. The fourth-order valence-electron chi connectivity index (χ4n) is 1.85. The van der Waals surface area contributed by atoms with Crippen molar-refractivity contribution < 1.29 is 4.39 Å². The Labute approximate surface area is 83.5 Å². The summed E-state index contributed by atoms with van der Waals surface area (Å²) in [5.74, 6) is -0.141. The molecule has 76 valence electrons. The van der Waals surface area contributed by atoms with Crippen LogP contribution < -0.4 is 10.6 Å². The van der Waals surface area contributed by atoms with Gasteiger partial charge in [0.15, 0.2) is 0 Å². The zero-order valence-corrected chi connectivity index (χ0v) is 8.33. The number of anilines is 1. The SMILES string of the molecule is Cc1cc(N2CCC(N)C2)ccc1F. The Morgan fingerprint density at radius 1 is 1.50 bits per heavy atom. The van der Waals surface area contributed by atoms with Crippen molar-refractivity contribution in [3.05, 3.63) is 29.6 Å². The molecule has 1 atom stereocenters. The van der Waals surface area contributed by atoms with E-state index in [1.165, 1.54) is 6.07 Å². The highest BCUT2D eigenvalue weighted by Gasteiger charge is 2.19. The van der Waals surface area contributed by atoms with E-state index < -0.39 is 0 Å². The Morgan fingerprint density at radius 2 is 2.29 bits per heavy atom. The molecule has 1 aromatic rings. The minimum atomic E-state index is -0.141. The lowest BCUT2D eigenvalue weighted by molar-refractivity contribution is 0.618. The van der Waals surface area contributed by atoms with E-state index in [4.69, 9.17) is 5.73 Å². The molecule has 2 rings (SSSR count). The van der Waals surface area contributed by atoms with E-state index >= 15 is 0 Å². The summed E-state index contributed by atoms with van der Waals surface area (Å²) < 4.78 is 13.0. The van der Waals surface area contributed by atoms with Crippen LogP contribution in [0.25, 0.3) is 0 Å². The average molecular weight is 194 g/mol. The van der Waals surface area contributed by atoms with Gasteiger partial charge in [0, 0.05) is 24.8 Å². The number of hydrogen-bond donors (Lipinski definition) is 1. The normalized spacial score (nSPS) is 21.6. The number of nitrogens with two attached hydrogens (primary N) is 1. The minimum absolute atomic E-state index is 0.141. The van der Waals surface area contributed by atoms with Gasteiger partial charge in [-0.15, -0.1) is 0 Å². The highest BCUT2D eigenvalue weighted by Crippen LogP contribution is 2.21. The first-order valence-electron chi connectivity index (χ1n) is 4.93. The first kappa shape index (κ1) is 9.46. The molecular weight excluding hydrogens is 179 g/mol. The Kier molecular flexibility index (Phi) is 2.42. The summed E-state index contributed by atoms with van der Waals surface area (Å²) in [5.41, 5.74) is 7.59. The molecule has 0 saturated carbocycles. The Balaban J connectivity index is 2.20. The second-order valence-electron chi connectivity index (χ2n) is 3.93. The molecule has 1 saturated heterocycles. The molecule has 3 heteroatoms. The minimum Gasteiger partial charge on any atom is -0.370 e. The molecule has 2 N–H and O–H groups in total. The molecule has 1 aliphatic rings. The smallest absolute Gasteiger partial charge is 0.126 e. The maximum absolute atomic E-state index is 13.0. The van der Waals surface area contributed by atoms with Crippen molar-refractivity contribution in [2.75, 3.05) is 18.0 Å². The van der Waals surface area contributed by atoms with E-state index in [-0.39, 0.29) is 11.9 Å². The van der Waals surface area contributed by atoms with E-state index in [1.54, 1.807) is 6.92 Å². The van der Waals surface area contributed by atoms with Crippen molar-refractivity contribution in [3.8, 4) is 0 Å². The number of rotatable bonds is 1. The van der Waals surface area contributed by atoms with E-state index in [9.17, 15) is 4.39 Å². The summed E-state index contributed by atoms with van der Waals surface area (Å²) in [6.45, 7) is 3.64. The van der Waals surface area contributed by atoms with Crippen LogP contribution in [0.1, 0.15) is 12.0 Å². The molecule has 0 bridgehead atoms. The zero-order chi connectivity index (χ0) is 10.1. The van der Waals surface area contributed by atoms with Crippen LogP contribution in [0.4, 0.5) is 10.1 Å². The van der Waals surface area contributed by atoms with Crippen LogP contribution >= 0.6 is 0 Å². The second-order valence-corrected chi connectivity index (χ2v) is 3.93. The molecular formula is C11H15FN2. The van der Waals surface area contributed by atoms with Crippen molar-refractivity contribution in [1.29, 1.82) is 0 Å². The molecule has 1 aromatic carbocycles. The van der Waals surface area contributed by atoms with Crippen LogP contribution in [0.5, 0.6) is 0 Å². The van der Waals surface area contributed by atoms with Gasteiger partial charge in [-0.05, 0) is 37.1 Å². The molecule has 1 unspecified atom stereocenters. The molecule has 0 radical (unpaired) electrons. The van der Waals surface area contributed by atoms with Gasteiger partial charge in [0.25, 0.3) is 0 Å². The predicted octanol–water partition coefficient (Wildman–Crippen LogP) is 1.67. The Bertz CT molecular complexity index is 338. The van der Waals surface area contributed by atoms with Gasteiger partial charge in [-0.3, -0.25) is 0 Å². The highest BCUT2D eigenvalue weighted by atomic mass is 19.1. The summed E-state index contributed by atoms with van der Waals surface area (Å²) >= 11 is 0. The van der Waals surface area contributed by atoms with E-state index in [2.05, 4.69) is 4.90 Å². The quantitative estimate of drug-likeness (QED) is 0.737. The first-order chi connectivity index (χ1) is 6.66. The third kappa shape index (κ3) is 1.73. The van der Waals surface area contributed by atoms with Gasteiger partial charge in [0.05, 0.1) is 0 Å². The van der Waals surface area contributed by atoms with Gasteiger partial charge in [-0.25, -0.2) is 4.39 Å². The van der Waals surface area contributed by atoms with Gasteiger partial charge < -0.3 is 10.6 Å².